The summed E-state index contributed by atoms with van der Waals surface area (Å²) in [6.07, 6.45) is 3.41. The highest BCUT2D eigenvalue weighted by molar-refractivity contribution is 5.60. The Hall–Kier alpha value is -1.70. The summed E-state index contributed by atoms with van der Waals surface area (Å²) < 4.78 is 0. The van der Waals surface area contributed by atoms with Gasteiger partial charge in [-0.2, -0.15) is 0 Å². The van der Waals surface area contributed by atoms with Gasteiger partial charge in [-0.25, -0.2) is 0 Å². The van der Waals surface area contributed by atoms with E-state index >= 15 is 0 Å². The Labute approximate surface area is 77.3 Å². The maximum absolute atomic E-state index is 4.27. The van der Waals surface area contributed by atoms with Gasteiger partial charge in [0.05, 0.1) is 11.4 Å². The van der Waals surface area contributed by atoms with Crippen molar-refractivity contribution in [1.82, 2.24) is 9.97 Å². The van der Waals surface area contributed by atoms with E-state index in [-0.39, 0.29) is 0 Å². The van der Waals surface area contributed by atoms with Crippen molar-refractivity contribution in [3.63, 3.8) is 0 Å². The van der Waals surface area contributed by atoms with Crippen molar-refractivity contribution < 1.29 is 0 Å². The molecule has 0 aliphatic rings. The van der Waals surface area contributed by atoms with E-state index in [1.165, 1.54) is 0 Å². The summed E-state index contributed by atoms with van der Waals surface area (Å²) in [6, 6.07) is 10.7. The number of aryl methyl sites for hydroxylation is 1. The molecule has 1 aromatic carbocycles. The molecule has 0 aliphatic carbocycles. The highest BCUT2D eigenvalue weighted by Crippen LogP contribution is 2.17. The zero-order chi connectivity index (χ0) is 9.10. The van der Waals surface area contributed by atoms with E-state index in [9.17, 15) is 0 Å². The minimum Gasteiger partial charge on any atom is -0.258 e. The molecule has 0 amide bonds. The molecule has 63 valence electrons. The zero-order valence-electron chi connectivity index (χ0n) is 7.36. The molecule has 1 aromatic heterocycles. The summed E-state index contributed by atoms with van der Waals surface area (Å²) in [5, 5.41) is 0. The average molecular weight is 169 g/mol. The predicted octanol–water partition coefficient (Wildman–Crippen LogP) is 2.25. The van der Waals surface area contributed by atoms with E-state index < -0.39 is 0 Å². The van der Waals surface area contributed by atoms with Crippen LogP contribution in [0.25, 0.3) is 11.3 Å². The van der Waals surface area contributed by atoms with Crippen molar-refractivity contribution in [1.29, 1.82) is 0 Å². The highest BCUT2D eigenvalue weighted by atomic mass is 14.8. The number of benzene rings is 1. The van der Waals surface area contributed by atoms with Crippen molar-refractivity contribution in [3.05, 3.63) is 48.4 Å². The molecule has 0 spiro atoms. The van der Waals surface area contributed by atoms with Gasteiger partial charge in [-0.1, -0.05) is 24.3 Å². The minimum absolute atomic E-state index is 0.941. The predicted molar refractivity (Wildman–Crippen MR) is 51.0 cm³/mol. The molecule has 2 aromatic rings. The third kappa shape index (κ3) is 1.56. The van der Waals surface area contributed by atoms with Gasteiger partial charge in [0.25, 0.3) is 0 Å². The molecule has 1 radical (unpaired) electrons. The van der Waals surface area contributed by atoms with Crippen LogP contribution < -0.4 is 0 Å². The van der Waals surface area contributed by atoms with E-state index in [1.54, 1.807) is 12.4 Å². The van der Waals surface area contributed by atoms with E-state index in [0.717, 1.165) is 17.0 Å². The number of aromatic nitrogens is 2. The Morgan fingerprint density at radius 3 is 2.46 bits per heavy atom. The van der Waals surface area contributed by atoms with E-state index in [0.29, 0.717) is 0 Å². The van der Waals surface area contributed by atoms with Gasteiger partial charge >= 0.3 is 0 Å². The first-order valence-electron chi connectivity index (χ1n) is 4.12. The molecule has 0 atom stereocenters. The molecule has 1 heterocycles. The van der Waals surface area contributed by atoms with Gasteiger partial charge in [0.1, 0.15) is 0 Å². The molecule has 13 heavy (non-hydrogen) atoms. The van der Waals surface area contributed by atoms with Crippen LogP contribution >= 0.6 is 0 Å². The second-order valence-corrected chi connectivity index (χ2v) is 2.78. The zero-order valence-corrected chi connectivity index (χ0v) is 7.36. The summed E-state index contributed by atoms with van der Waals surface area (Å²) in [7, 11) is 0. The second-order valence-electron chi connectivity index (χ2n) is 2.78. The lowest BCUT2D eigenvalue weighted by Gasteiger charge is -2.01. The lowest BCUT2D eigenvalue weighted by atomic mass is 10.1. The first-order valence-corrected chi connectivity index (χ1v) is 4.12. The highest BCUT2D eigenvalue weighted by Gasteiger charge is 2.01. The smallest absolute Gasteiger partial charge is 0.0914 e. The van der Waals surface area contributed by atoms with Crippen LogP contribution in [0.3, 0.4) is 0 Å². The van der Waals surface area contributed by atoms with Gasteiger partial charge in [0.2, 0.25) is 0 Å². The summed E-state index contributed by atoms with van der Waals surface area (Å²) in [5.41, 5.74) is 2.98. The van der Waals surface area contributed by atoms with Crippen molar-refractivity contribution in [3.8, 4) is 11.3 Å². The van der Waals surface area contributed by atoms with E-state index in [1.807, 2.05) is 31.2 Å². The molecule has 0 bridgehead atoms. The van der Waals surface area contributed by atoms with Crippen LogP contribution in [-0.2, 0) is 0 Å². The lowest BCUT2D eigenvalue weighted by Crippen LogP contribution is -1.89. The summed E-state index contributed by atoms with van der Waals surface area (Å²) in [6.45, 7) is 1.96. The van der Waals surface area contributed by atoms with Crippen LogP contribution in [0.2, 0.25) is 0 Å². The molecule has 0 unspecified atom stereocenters. The van der Waals surface area contributed by atoms with Crippen LogP contribution in [0.1, 0.15) is 5.69 Å². The molecule has 0 saturated heterocycles. The Bertz CT molecular complexity index is 396. The molecule has 0 fully saturated rings. The molecular weight excluding hydrogens is 160 g/mol. The molecule has 0 saturated carbocycles. The molecule has 2 heteroatoms. The molecule has 2 rings (SSSR count). The molecule has 0 N–H and O–H groups in total. The Kier molecular flexibility index (Phi) is 2.04. The quantitative estimate of drug-likeness (QED) is 0.654. The molecule has 2 nitrogen and oxygen atoms in total. The van der Waals surface area contributed by atoms with Crippen molar-refractivity contribution in [2.24, 2.45) is 0 Å². The number of nitrogens with zero attached hydrogens (tertiary/aromatic N) is 2. The van der Waals surface area contributed by atoms with Gasteiger partial charge in [0.15, 0.2) is 0 Å². The van der Waals surface area contributed by atoms with Crippen LogP contribution in [-0.4, -0.2) is 9.97 Å². The first kappa shape index (κ1) is 7.92. The fourth-order valence-electron chi connectivity index (χ4n) is 1.24. The van der Waals surface area contributed by atoms with Crippen LogP contribution in [0.5, 0.6) is 0 Å². The van der Waals surface area contributed by atoms with Crippen molar-refractivity contribution in [2.45, 2.75) is 6.92 Å². The van der Waals surface area contributed by atoms with E-state index in [4.69, 9.17) is 0 Å². The summed E-state index contributed by atoms with van der Waals surface area (Å²) >= 11 is 0. The number of rotatable bonds is 1. The minimum atomic E-state index is 0.941. The van der Waals surface area contributed by atoms with Gasteiger partial charge in [-0.15, -0.1) is 0 Å². The summed E-state index contributed by atoms with van der Waals surface area (Å²) in [5.74, 6) is 0. The van der Waals surface area contributed by atoms with Gasteiger partial charge in [-0.05, 0) is 13.0 Å². The largest absolute Gasteiger partial charge is 0.258 e. The fraction of sp³-hybridized carbons (Fsp3) is 0.0909. The van der Waals surface area contributed by atoms with Crippen molar-refractivity contribution >= 4 is 0 Å². The number of hydrogen-bond acceptors (Lipinski definition) is 2. The first-order chi connectivity index (χ1) is 6.38. The SMILES string of the molecule is Cc1nccnc1-c1cc[c]cc1. The fourth-order valence-corrected chi connectivity index (χ4v) is 1.24. The summed E-state index contributed by atoms with van der Waals surface area (Å²) in [4.78, 5) is 8.45. The second kappa shape index (κ2) is 3.35. The standard InChI is InChI=1S/C11H9N2/c1-9-11(13-8-7-12-9)10-5-3-2-4-6-10/h3-8H,1H3. The Morgan fingerprint density at radius 2 is 1.77 bits per heavy atom. The Balaban J connectivity index is 2.54. The van der Waals surface area contributed by atoms with Crippen LogP contribution in [0, 0.1) is 13.0 Å². The van der Waals surface area contributed by atoms with Gasteiger partial charge in [0, 0.05) is 18.0 Å². The normalized spacial score (nSPS) is 9.92. The monoisotopic (exact) mass is 169 g/mol. The van der Waals surface area contributed by atoms with Gasteiger partial charge in [-0.3, -0.25) is 9.97 Å². The third-order valence-electron chi connectivity index (χ3n) is 1.87. The van der Waals surface area contributed by atoms with Crippen LogP contribution in [0.4, 0.5) is 0 Å². The maximum Gasteiger partial charge on any atom is 0.0914 e. The van der Waals surface area contributed by atoms with Crippen molar-refractivity contribution in [2.75, 3.05) is 0 Å². The lowest BCUT2D eigenvalue weighted by molar-refractivity contribution is 1.12. The van der Waals surface area contributed by atoms with Crippen LogP contribution in [0.15, 0.2) is 36.7 Å². The van der Waals surface area contributed by atoms with E-state index in [2.05, 4.69) is 16.0 Å². The molecular formula is C11H9N2. The third-order valence-corrected chi connectivity index (χ3v) is 1.87. The van der Waals surface area contributed by atoms with Gasteiger partial charge < -0.3 is 0 Å². The number of hydrogen-bond donors (Lipinski definition) is 0. The Morgan fingerprint density at radius 1 is 1.08 bits per heavy atom. The average Bonchev–Trinajstić information content (AvgIpc) is 2.20. The maximum atomic E-state index is 4.27. The topological polar surface area (TPSA) is 25.8 Å². The molecule has 0 aliphatic heterocycles.